The van der Waals surface area contributed by atoms with Crippen LogP contribution in [0.4, 0.5) is 4.39 Å². The molecular weight excluding hydrogens is 285 g/mol. The number of halogens is 1. The molecule has 0 aliphatic carbocycles. The maximum absolute atomic E-state index is 13.4. The zero-order chi connectivity index (χ0) is 16.3. The van der Waals surface area contributed by atoms with Crippen LogP contribution in [0.2, 0.25) is 0 Å². The van der Waals surface area contributed by atoms with Gasteiger partial charge in [0.1, 0.15) is 5.82 Å². The van der Waals surface area contributed by atoms with Crippen LogP contribution in [0.25, 0.3) is 0 Å². The summed E-state index contributed by atoms with van der Waals surface area (Å²) in [7, 11) is 0. The topological polar surface area (TPSA) is 57.6 Å². The number of hydrogen-bond donors (Lipinski definition) is 1. The molecule has 4 nitrogen and oxygen atoms in total. The normalized spacial score (nSPS) is 21.7. The molecule has 22 heavy (non-hydrogen) atoms. The number of carboxylic acid groups (broad SMARTS) is 1. The average Bonchev–Trinajstić information content (AvgIpc) is 2.90. The molecular formula is C17H20FNO3. The number of aliphatic carboxylic acids is 1. The molecule has 5 heteroatoms. The van der Waals surface area contributed by atoms with E-state index in [2.05, 4.69) is 0 Å². The number of carbonyl (C=O) groups excluding carboxylic acids is 1. The van der Waals surface area contributed by atoms with Gasteiger partial charge >= 0.3 is 5.97 Å². The largest absolute Gasteiger partial charge is 0.481 e. The predicted octanol–water partition coefficient (Wildman–Crippen LogP) is 2.66. The van der Waals surface area contributed by atoms with Crippen molar-refractivity contribution in [3.8, 4) is 0 Å². The Morgan fingerprint density at radius 2 is 2.09 bits per heavy atom. The Labute approximate surface area is 129 Å². The predicted molar refractivity (Wildman–Crippen MR) is 80.8 cm³/mol. The summed E-state index contributed by atoms with van der Waals surface area (Å²) in [6, 6.07) is 5.94. The van der Waals surface area contributed by atoms with Crippen LogP contribution < -0.4 is 0 Å². The van der Waals surface area contributed by atoms with Crippen molar-refractivity contribution in [2.24, 2.45) is 11.8 Å². The van der Waals surface area contributed by atoms with E-state index in [1.807, 2.05) is 13.8 Å². The summed E-state index contributed by atoms with van der Waals surface area (Å²) < 4.78 is 13.4. The summed E-state index contributed by atoms with van der Waals surface area (Å²) in [5.41, 5.74) is 0.621. The third-order valence-electron chi connectivity index (χ3n) is 3.85. The number of likely N-dealkylation sites (tertiary alicyclic amines) is 1. The van der Waals surface area contributed by atoms with Crippen LogP contribution in [0.3, 0.4) is 0 Å². The standard InChI is InChI=1S/C17H20FNO3/c1-11(2)6-7-16(20)19-9-14(15(10-19)17(21)22)12-4-3-5-13(18)8-12/h3-8,11,14-15H,9-10H2,1-2H3,(H,21,22)/b7-6+/t14-,15+/m1/s1. The fourth-order valence-electron chi connectivity index (χ4n) is 2.69. The summed E-state index contributed by atoms with van der Waals surface area (Å²) in [6.07, 6.45) is 3.27. The Balaban J connectivity index is 2.20. The molecule has 0 radical (unpaired) electrons. The van der Waals surface area contributed by atoms with Crippen LogP contribution in [0.5, 0.6) is 0 Å². The van der Waals surface area contributed by atoms with Crippen LogP contribution >= 0.6 is 0 Å². The van der Waals surface area contributed by atoms with E-state index in [0.717, 1.165) is 0 Å². The van der Waals surface area contributed by atoms with E-state index in [0.29, 0.717) is 12.1 Å². The lowest BCUT2D eigenvalue weighted by Gasteiger charge is -2.15. The van der Waals surface area contributed by atoms with Gasteiger partial charge in [-0.15, -0.1) is 0 Å². The van der Waals surface area contributed by atoms with Crippen molar-refractivity contribution in [3.05, 3.63) is 47.8 Å². The number of benzene rings is 1. The van der Waals surface area contributed by atoms with Crippen LogP contribution in [0.1, 0.15) is 25.3 Å². The molecule has 0 saturated carbocycles. The van der Waals surface area contributed by atoms with Crippen molar-refractivity contribution in [3.63, 3.8) is 0 Å². The molecule has 0 spiro atoms. The van der Waals surface area contributed by atoms with Crippen LogP contribution in [-0.4, -0.2) is 35.0 Å². The third kappa shape index (κ3) is 3.72. The van der Waals surface area contributed by atoms with Gasteiger partial charge < -0.3 is 10.0 Å². The number of nitrogens with zero attached hydrogens (tertiary/aromatic N) is 1. The van der Waals surface area contributed by atoms with Crippen LogP contribution in [-0.2, 0) is 9.59 Å². The van der Waals surface area contributed by atoms with Gasteiger partial charge in [0.15, 0.2) is 0 Å². The van der Waals surface area contributed by atoms with E-state index in [-0.39, 0.29) is 24.3 Å². The molecule has 1 aromatic carbocycles. The molecule has 0 aromatic heterocycles. The van der Waals surface area contributed by atoms with E-state index < -0.39 is 17.7 Å². The molecule has 1 aromatic rings. The van der Waals surface area contributed by atoms with E-state index >= 15 is 0 Å². The lowest BCUT2D eigenvalue weighted by Crippen LogP contribution is -2.28. The van der Waals surface area contributed by atoms with E-state index in [9.17, 15) is 19.1 Å². The van der Waals surface area contributed by atoms with Crippen molar-refractivity contribution in [2.75, 3.05) is 13.1 Å². The average molecular weight is 305 g/mol. The monoisotopic (exact) mass is 305 g/mol. The van der Waals surface area contributed by atoms with Gasteiger partial charge in [0.25, 0.3) is 0 Å². The molecule has 1 heterocycles. The Kier molecular flexibility index (Phi) is 4.96. The van der Waals surface area contributed by atoms with Gasteiger partial charge in [-0.1, -0.05) is 32.1 Å². The Morgan fingerprint density at radius 3 is 2.68 bits per heavy atom. The van der Waals surface area contributed by atoms with Crippen molar-refractivity contribution >= 4 is 11.9 Å². The molecule has 118 valence electrons. The summed E-state index contributed by atoms with van der Waals surface area (Å²) >= 11 is 0. The molecule has 0 unspecified atom stereocenters. The van der Waals surface area contributed by atoms with Crippen molar-refractivity contribution in [2.45, 2.75) is 19.8 Å². The zero-order valence-corrected chi connectivity index (χ0v) is 12.7. The quantitative estimate of drug-likeness (QED) is 0.870. The zero-order valence-electron chi connectivity index (χ0n) is 12.7. The van der Waals surface area contributed by atoms with Crippen molar-refractivity contribution in [1.82, 2.24) is 4.90 Å². The fourth-order valence-corrected chi connectivity index (χ4v) is 2.69. The van der Waals surface area contributed by atoms with Gasteiger partial charge in [-0.05, 0) is 29.7 Å². The first-order valence-electron chi connectivity index (χ1n) is 7.34. The molecule has 1 fully saturated rings. The Morgan fingerprint density at radius 1 is 1.36 bits per heavy atom. The van der Waals surface area contributed by atoms with Gasteiger partial charge in [-0.25, -0.2) is 4.39 Å². The second-order valence-corrected chi connectivity index (χ2v) is 5.95. The lowest BCUT2D eigenvalue weighted by atomic mass is 9.89. The molecule has 1 N–H and O–H groups in total. The first kappa shape index (κ1) is 16.2. The number of carboxylic acids is 1. The highest BCUT2D eigenvalue weighted by atomic mass is 19.1. The maximum atomic E-state index is 13.4. The van der Waals surface area contributed by atoms with Gasteiger partial charge in [0, 0.05) is 19.0 Å². The number of rotatable bonds is 4. The van der Waals surface area contributed by atoms with Gasteiger partial charge in [0.05, 0.1) is 5.92 Å². The van der Waals surface area contributed by atoms with E-state index in [4.69, 9.17) is 0 Å². The summed E-state index contributed by atoms with van der Waals surface area (Å²) in [6.45, 7) is 4.37. The Bertz CT molecular complexity index is 597. The van der Waals surface area contributed by atoms with E-state index in [1.54, 1.807) is 18.2 Å². The lowest BCUT2D eigenvalue weighted by molar-refractivity contribution is -0.141. The number of amides is 1. The molecule has 2 rings (SSSR count). The molecule has 2 atom stereocenters. The first-order valence-corrected chi connectivity index (χ1v) is 7.34. The van der Waals surface area contributed by atoms with Crippen molar-refractivity contribution < 1.29 is 19.1 Å². The van der Waals surface area contributed by atoms with Gasteiger partial charge in [-0.2, -0.15) is 0 Å². The molecule has 1 saturated heterocycles. The summed E-state index contributed by atoms with van der Waals surface area (Å²) in [5.74, 6) is -2.40. The molecule has 0 bridgehead atoms. The minimum absolute atomic E-state index is 0.151. The maximum Gasteiger partial charge on any atom is 0.308 e. The minimum Gasteiger partial charge on any atom is -0.481 e. The minimum atomic E-state index is -0.961. The number of hydrogen-bond acceptors (Lipinski definition) is 2. The number of allylic oxidation sites excluding steroid dienone is 1. The van der Waals surface area contributed by atoms with Crippen LogP contribution in [0, 0.1) is 17.7 Å². The summed E-state index contributed by atoms with van der Waals surface area (Å²) in [4.78, 5) is 25.1. The summed E-state index contributed by atoms with van der Waals surface area (Å²) in [5, 5.41) is 9.38. The molecule has 1 amide bonds. The fraction of sp³-hybridized carbons (Fsp3) is 0.412. The molecule has 1 aliphatic heterocycles. The highest BCUT2D eigenvalue weighted by Gasteiger charge is 2.40. The highest BCUT2D eigenvalue weighted by Crippen LogP contribution is 2.33. The number of carbonyl (C=O) groups is 2. The SMILES string of the molecule is CC(C)/C=C/C(=O)N1C[C@H](C(=O)O)[C@@H](c2cccc(F)c2)C1. The smallest absolute Gasteiger partial charge is 0.308 e. The Hall–Kier alpha value is -2.17. The third-order valence-corrected chi connectivity index (χ3v) is 3.85. The van der Waals surface area contributed by atoms with Gasteiger partial charge in [-0.3, -0.25) is 9.59 Å². The van der Waals surface area contributed by atoms with E-state index in [1.165, 1.54) is 23.1 Å². The first-order chi connectivity index (χ1) is 10.4. The van der Waals surface area contributed by atoms with Crippen molar-refractivity contribution in [1.29, 1.82) is 0 Å². The van der Waals surface area contributed by atoms with Crippen LogP contribution in [0.15, 0.2) is 36.4 Å². The second kappa shape index (κ2) is 6.73. The molecule has 1 aliphatic rings. The second-order valence-electron chi connectivity index (χ2n) is 5.95. The highest BCUT2D eigenvalue weighted by molar-refractivity contribution is 5.88. The van der Waals surface area contributed by atoms with Gasteiger partial charge in [0.2, 0.25) is 5.91 Å².